The minimum atomic E-state index is -2.12. The summed E-state index contributed by atoms with van der Waals surface area (Å²) in [6, 6.07) is 56.7. The number of rotatable bonds is 5. The first-order valence-corrected chi connectivity index (χ1v) is 17.4. The Morgan fingerprint density at radius 2 is 1.06 bits per heavy atom. The maximum atomic E-state index is 10.7. The summed E-state index contributed by atoms with van der Waals surface area (Å²) in [7, 11) is 1.34. The number of para-hydroxylation sites is 3. The first-order valence-electron chi connectivity index (χ1n) is 17.4. The zero-order valence-corrected chi connectivity index (χ0v) is 28.3. The SMILES string of the molecule is BC(O)(O)c1nc2ccccc2n1-c1ccc(-c2c3ccccc3c(-c3ccc4oc5ccccc5c4c3)c3cc(-c4ccccc4)ccc23)cc1. The summed E-state index contributed by atoms with van der Waals surface area (Å²) in [5.41, 5.74) is 8.73. The first-order chi connectivity index (χ1) is 25.4. The van der Waals surface area contributed by atoms with Crippen LogP contribution in [0.15, 0.2) is 168 Å². The molecule has 0 saturated heterocycles. The van der Waals surface area contributed by atoms with Crippen molar-refractivity contribution in [3.8, 4) is 39.1 Å². The minimum absolute atomic E-state index is 0.164. The fourth-order valence-electron chi connectivity index (χ4n) is 7.87. The molecule has 0 saturated carbocycles. The molecule has 0 radical (unpaired) electrons. The fourth-order valence-corrected chi connectivity index (χ4v) is 7.87. The molecular weight excluding hydrogens is 639 g/mol. The largest absolute Gasteiger partial charge is 0.456 e. The highest BCUT2D eigenvalue weighted by Gasteiger charge is 2.28. The first kappa shape index (κ1) is 30.4. The lowest BCUT2D eigenvalue weighted by Gasteiger charge is -2.20. The second-order valence-electron chi connectivity index (χ2n) is 13.6. The Morgan fingerprint density at radius 3 is 1.83 bits per heavy atom. The Morgan fingerprint density at radius 1 is 0.481 bits per heavy atom. The van der Waals surface area contributed by atoms with E-state index >= 15 is 0 Å². The van der Waals surface area contributed by atoms with Gasteiger partial charge in [0.15, 0.2) is 19.4 Å². The van der Waals surface area contributed by atoms with Crippen LogP contribution < -0.4 is 0 Å². The number of nitrogens with zero attached hydrogens (tertiary/aromatic N) is 2. The van der Waals surface area contributed by atoms with Crippen LogP contribution in [0.1, 0.15) is 5.82 Å². The molecule has 5 nitrogen and oxygen atoms in total. The summed E-state index contributed by atoms with van der Waals surface area (Å²) in [6.07, 6.45) is 0. The van der Waals surface area contributed by atoms with Crippen LogP contribution in [0.4, 0.5) is 0 Å². The fraction of sp³-hybridized carbons (Fsp3) is 0.0217. The highest BCUT2D eigenvalue weighted by Crippen LogP contribution is 2.46. The van der Waals surface area contributed by atoms with Gasteiger partial charge in [0.25, 0.3) is 0 Å². The molecular formula is C46H31BN2O3. The van der Waals surface area contributed by atoms with E-state index in [2.05, 4.69) is 114 Å². The molecule has 0 amide bonds. The molecule has 2 heterocycles. The quantitative estimate of drug-likeness (QED) is 0.109. The molecule has 8 aromatic carbocycles. The number of fused-ring (bicyclic) bond motifs is 6. The van der Waals surface area contributed by atoms with Crippen molar-refractivity contribution in [3.63, 3.8) is 0 Å². The van der Waals surface area contributed by atoms with Gasteiger partial charge in [0.2, 0.25) is 0 Å². The molecule has 0 aliphatic rings. The van der Waals surface area contributed by atoms with E-state index in [0.29, 0.717) is 5.52 Å². The van der Waals surface area contributed by atoms with Crippen LogP contribution in [0.3, 0.4) is 0 Å². The van der Waals surface area contributed by atoms with Crippen molar-refractivity contribution >= 4 is 62.4 Å². The molecule has 10 aromatic rings. The number of aliphatic hydroxyl groups is 2. The van der Waals surface area contributed by atoms with Gasteiger partial charge in [-0.2, -0.15) is 0 Å². The number of benzene rings is 8. The summed E-state index contributed by atoms with van der Waals surface area (Å²) in [5.74, 6) is 0.164. The van der Waals surface area contributed by atoms with Crippen molar-refractivity contribution in [3.05, 3.63) is 170 Å². The predicted octanol–water partition coefficient (Wildman–Crippen LogP) is 9.96. The van der Waals surface area contributed by atoms with E-state index in [-0.39, 0.29) is 5.82 Å². The van der Waals surface area contributed by atoms with Gasteiger partial charge in [0.05, 0.1) is 11.0 Å². The second-order valence-corrected chi connectivity index (χ2v) is 13.6. The number of aromatic nitrogens is 2. The zero-order chi connectivity index (χ0) is 35.0. The molecule has 2 aromatic heterocycles. The van der Waals surface area contributed by atoms with Gasteiger partial charge in [-0.15, -0.1) is 0 Å². The molecule has 246 valence electrons. The van der Waals surface area contributed by atoms with E-state index in [1.165, 1.54) is 13.4 Å². The van der Waals surface area contributed by atoms with Crippen LogP contribution in [0, 0.1) is 0 Å². The predicted molar refractivity (Wildman–Crippen MR) is 214 cm³/mol. The third kappa shape index (κ3) is 4.77. The summed E-state index contributed by atoms with van der Waals surface area (Å²) >= 11 is 0. The Labute approximate surface area is 300 Å². The summed E-state index contributed by atoms with van der Waals surface area (Å²) in [5, 5.41) is 28.2. The van der Waals surface area contributed by atoms with Crippen molar-refractivity contribution in [1.82, 2.24) is 9.55 Å². The number of hydrogen-bond donors (Lipinski definition) is 2. The second kappa shape index (κ2) is 11.5. The monoisotopic (exact) mass is 670 g/mol. The Balaban J connectivity index is 1.23. The van der Waals surface area contributed by atoms with E-state index in [4.69, 9.17) is 4.42 Å². The van der Waals surface area contributed by atoms with E-state index in [1.807, 2.05) is 59.2 Å². The molecule has 0 unspecified atom stereocenters. The smallest absolute Gasteiger partial charge is 0.188 e. The third-order valence-corrected chi connectivity index (χ3v) is 10.2. The van der Waals surface area contributed by atoms with Gasteiger partial charge < -0.3 is 14.6 Å². The lowest BCUT2D eigenvalue weighted by atomic mass is 9.84. The zero-order valence-electron chi connectivity index (χ0n) is 28.3. The van der Waals surface area contributed by atoms with Crippen molar-refractivity contribution in [1.29, 1.82) is 0 Å². The van der Waals surface area contributed by atoms with Crippen LogP contribution in [0.2, 0.25) is 0 Å². The average Bonchev–Trinajstić information content (AvgIpc) is 3.76. The van der Waals surface area contributed by atoms with Gasteiger partial charge in [-0.3, -0.25) is 4.57 Å². The average molecular weight is 671 g/mol. The van der Waals surface area contributed by atoms with Gasteiger partial charge >= 0.3 is 0 Å². The van der Waals surface area contributed by atoms with Crippen molar-refractivity contribution in [2.45, 2.75) is 5.69 Å². The highest BCUT2D eigenvalue weighted by molar-refractivity contribution is 6.22. The molecule has 6 heteroatoms. The molecule has 52 heavy (non-hydrogen) atoms. The molecule has 0 spiro atoms. The topological polar surface area (TPSA) is 71.4 Å². The van der Waals surface area contributed by atoms with Gasteiger partial charge in [0, 0.05) is 16.5 Å². The lowest BCUT2D eigenvalue weighted by Crippen LogP contribution is -2.29. The third-order valence-electron chi connectivity index (χ3n) is 10.2. The molecule has 2 N–H and O–H groups in total. The van der Waals surface area contributed by atoms with Crippen molar-refractivity contribution in [2.24, 2.45) is 0 Å². The molecule has 0 aliphatic heterocycles. The van der Waals surface area contributed by atoms with E-state index in [1.54, 1.807) is 0 Å². The maximum Gasteiger partial charge on any atom is 0.188 e. The summed E-state index contributed by atoms with van der Waals surface area (Å²) in [6.45, 7) is 0. The summed E-state index contributed by atoms with van der Waals surface area (Å²) in [4.78, 5) is 4.58. The number of furan rings is 1. The lowest BCUT2D eigenvalue weighted by molar-refractivity contribution is -0.0985. The van der Waals surface area contributed by atoms with E-state index in [0.717, 1.165) is 82.5 Å². The van der Waals surface area contributed by atoms with Gasteiger partial charge in [-0.1, -0.05) is 115 Å². The molecule has 0 fully saturated rings. The van der Waals surface area contributed by atoms with Gasteiger partial charge in [0.1, 0.15) is 11.2 Å². The minimum Gasteiger partial charge on any atom is -0.456 e. The Hall–Kier alpha value is -6.47. The van der Waals surface area contributed by atoms with Crippen LogP contribution >= 0.6 is 0 Å². The molecule has 0 atom stereocenters. The normalized spacial score (nSPS) is 12.1. The van der Waals surface area contributed by atoms with Crippen LogP contribution in [0.25, 0.3) is 93.6 Å². The van der Waals surface area contributed by atoms with Crippen LogP contribution in [-0.4, -0.2) is 27.6 Å². The maximum absolute atomic E-state index is 10.7. The van der Waals surface area contributed by atoms with Gasteiger partial charge in [-0.25, -0.2) is 4.98 Å². The molecule has 0 bridgehead atoms. The molecule has 0 aliphatic carbocycles. The van der Waals surface area contributed by atoms with Gasteiger partial charge in [-0.05, 0) is 103 Å². The number of imidazole rings is 1. The standard InChI is InChI=1S/C46H31BN2O3/c47-46(50,51)45-48-39-15-7-8-16-40(39)49(45)32-22-18-29(19-23-32)43-34-13-4-5-14-35(34)44(38-26-30(20-24-36(38)43)28-10-2-1-3-11-28)31-21-25-42-37(27-31)33-12-6-9-17-41(33)52-42/h1-27,50-51H,47H2. The van der Waals surface area contributed by atoms with Crippen molar-refractivity contribution < 1.29 is 14.6 Å². The van der Waals surface area contributed by atoms with E-state index < -0.39 is 5.69 Å². The summed E-state index contributed by atoms with van der Waals surface area (Å²) < 4.78 is 8.04. The van der Waals surface area contributed by atoms with Crippen LogP contribution in [0.5, 0.6) is 0 Å². The molecule has 10 rings (SSSR count). The van der Waals surface area contributed by atoms with Crippen molar-refractivity contribution in [2.75, 3.05) is 0 Å². The van der Waals surface area contributed by atoms with E-state index in [9.17, 15) is 10.2 Å². The van der Waals surface area contributed by atoms with Crippen LogP contribution in [-0.2, 0) is 5.69 Å². The number of hydrogen-bond acceptors (Lipinski definition) is 4. The Kier molecular flexibility index (Phi) is 6.74. The highest BCUT2D eigenvalue weighted by atomic mass is 16.5. The Bertz CT molecular complexity index is 2990.